The molecule has 3 rings (SSSR count). The quantitative estimate of drug-likeness (QED) is 0.668. The number of hydrogen-bond donors (Lipinski definition) is 2. The summed E-state index contributed by atoms with van der Waals surface area (Å²) in [4.78, 5) is 15.5. The SMILES string of the molecule is CC[C@](O)(c1cn(Cc2ccc3c(Cl)cc(C(N)=O)nc3c2)nn1)C(F)(F)F. The minimum absolute atomic E-state index is 0.00382. The number of aromatic nitrogens is 4. The van der Waals surface area contributed by atoms with Crippen LogP contribution in [-0.4, -0.2) is 37.2 Å². The average Bonchev–Trinajstić information content (AvgIpc) is 3.08. The molecule has 28 heavy (non-hydrogen) atoms. The summed E-state index contributed by atoms with van der Waals surface area (Å²) in [6.07, 6.45) is -4.43. The summed E-state index contributed by atoms with van der Waals surface area (Å²) in [7, 11) is 0. The van der Waals surface area contributed by atoms with E-state index in [1.165, 1.54) is 17.7 Å². The van der Waals surface area contributed by atoms with Crippen LogP contribution in [0.5, 0.6) is 0 Å². The third kappa shape index (κ3) is 3.52. The van der Waals surface area contributed by atoms with Gasteiger partial charge >= 0.3 is 6.18 Å². The highest BCUT2D eigenvalue weighted by molar-refractivity contribution is 6.35. The van der Waals surface area contributed by atoms with E-state index < -0.39 is 29.8 Å². The standard InChI is InChI=1S/C17H15ClF3N5O2/c1-2-16(28,17(19,20)21)14-8-26(25-24-14)7-9-3-4-10-11(18)6-13(15(22)27)23-12(10)5-9/h3-6,8,28H,2,7H2,1H3,(H2,22,27)/t16-/m0/s1. The first-order valence-corrected chi connectivity index (χ1v) is 8.51. The van der Waals surface area contributed by atoms with Gasteiger partial charge in [-0.3, -0.25) is 4.79 Å². The number of amides is 1. The van der Waals surface area contributed by atoms with E-state index in [2.05, 4.69) is 15.3 Å². The van der Waals surface area contributed by atoms with Gasteiger partial charge in [0.1, 0.15) is 11.4 Å². The van der Waals surface area contributed by atoms with Gasteiger partial charge in [-0.15, -0.1) is 5.10 Å². The van der Waals surface area contributed by atoms with Crippen molar-refractivity contribution >= 4 is 28.4 Å². The largest absolute Gasteiger partial charge is 0.423 e. The normalized spacial score (nSPS) is 14.2. The summed E-state index contributed by atoms with van der Waals surface area (Å²) in [6.45, 7) is 1.28. The third-order valence-corrected chi connectivity index (χ3v) is 4.68. The van der Waals surface area contributed by atoms with Crippen molar-refractivity contribution in [3.05, 3.63) is 52.4 Å². The molecule has 0 bridgehead atoms. The molecule has 0 radical (unpaired) electrons. The molecule has 11 heteroatoms. The van der Waals surface area contributed by atoms with Crippen LogP contribution < -0.4 is 5.73 Å². The lowest BCUT2D eigenvalue weighted by atomic mass is 9.96. The van der Waals surface area contributed by atoms with Crippen molar-refractivity contribution in [3.8, 4) is 0 Å². The van der Waals surface area contributed by atoms with Crippen LogP contribution >= 0.6 is 11.6 Å². The lowest BCUT2D eigenvalue weighted by Crippen LogP contribution is -2.42. The maximum absolute atomic E-state index is 13.2. The second-order valence-electron chi connectivity index (χ2n) is 6.22. The number of rotatable bonds is 5. The minimum Gasteiger partial charge on any atom is -0.375 e. The van der Waals surface area contributed by atoms with Crippen LogP contribution in [0.25, 0.3) is 10.9 Å². The number of nitrogens with zero attached hydrogens (tertiary/aromatic N) is 4. The number of halogens is 4. The second-order valence-corrected chi connectivity index (χ2v) is 6.63. The number of alkyl halides is 3. The Kier molecular flexibility index (Phi) is 5.02. The van der Waals surface area contributed by atoms with E-state index >= 15 is 0 Å². The van der Waals surface area contributed by atoms with E-state index in [-0.39, 0.29) is 12.2 Å². The first-order valence-electron chi connectivity index (χ1n) is 8.14. The first kappa shape index (κ1) is 20.0. The van der Waals surface area contributed by atoms with E-state index in [1.54, 1.807) is 18.2 Å². The Morgan fingerprint density at radius 2 is 2.04 bits per heavy atom. The van der Waals surface area contributed by atoms with Gasteiger partial charge in [0.25, 0.3) is 5.91 Å². The number of aliphatic hydroxyl groups is 1. The maximum atomic E-state index is 13.2. The molecule has 0 saturated carbocycles. The van der Waals surface area contributed by atoms with E-state index in [0.717, 1.165) is 6.20 Å². The Labute approximate surface area is 161 Å². The van der Waals surface area contributed by atoms with Gasteiger partial charge in [0, 0.05) is 5.39 Å². The summed E-state index contributed by atoms with van der Waals surface area (Å²) >= 11 is 6.12. The molecular formula is C17H15ClF3N5O2. The number of hydrogen-bond acceptors (Lipinski definition) is 5. The van der Waals surface area contributed by atoms with Crippen molar-refractivity contribution in [1.82, 2.24) is 20.0 Å². The number of primary amides is 1. The van der Waals surface area contributed by atoms with Crippen LogP contribution in [0.2, 0.25) is 5.02 Å². The number of carbonyl (C=O) groups is 1. The summed E-state index contributed by atoms with van der Waals surface area (Å²) < 4.78 is 40.6. The lowest BCUT2D eigenvalue weighted by molar-refractivity contribution is -0.269. The molecule has 3 aromatic rings. The summed E-state index contributed by atoms with van der Waals surface area (Å²) in [6, 6.07) is 6.33. The van der Waals surface area contributed by atoms with Crippen molar-refractivity contribution < 1.29 is 23.1 Å². The van der Waals surface area contributed by atoms with Crippen LogP contribution in [-0.2, 0) is 12.1 Å². The third-order valence-electron chi connectivity index (χ3n) is 4.36. The second kappa shape index (κ2) is 7.02. The zero-order valence-corrected chi connectivity index (χ0v) is 15.3. The molecule has 2 heterocycles. The highest BCUT2D eigenvalue weighted by Gasteiger charge is 2.55. The van der Waals surface area contributed by atoms with Crippen molar-refractivity contribution in [2.24, 2.45) is 5.73 Å². The molecule has 7 nitrogen and oxygen atoms in total. The summed E-state index contributed by atoms with van der Waals surface area (Å²) in [5.41, 5.74) is 2.60. The van der Waals surface area contributed by atoms with Crippen LogP contribution in [0.15, 0.2) is 30.5 Å². The fourth-order valence-corrected chi connectivity index (χ4v) is 3.00. The maximum Gasteiger partial charge on any atom is 0.423 e. The number of benzene rings is 1. The molecule has 3 N–H and O–H groups in total. The molecule has 0 unspecified atom stereocenters. The van der Waals surface area contributed by atoms with Crippen LogP contribution in [0, 0.1) is 0 Å². The van der Waals surface area contributed by atoms with Crippen molar-refractivity contribution in [1.29, 1.82) is 0 Å². The zero-order valence-electron chi connectivity index (χ0n) is 14.5. The Balaban J connectivity index is 1.93. The molecule has 148 valence electrons. The highest BCUT2D eigenvalue weighted by atomic mass is 35.5. The molecule has 0 aliphatic heterocycles. The number of nitrogens with two attached hydrogens (primary N) is 1. The molecular weight excluding hydrogens is 399 g/mol. The van der Waals surface area contributed by atoms with Crippen LogP contribution in [0.1, 0.15) is 35.1 Å². The van der Waals surface area contributed by atoms with Crippen molar-refractivity contribution in [3.63, 3.8) is 0 Å². The predicted molar refractivity (Wildman–Crippen MR) is 94.6 cm³/mol. The molecule has 2 aromatic heterocycles. The molecule has 0 spiro atoms. The Morgan fingerprint density at radius 3 is 2.64 bits per heavy atom. The zero-order chi connectivity index (χ0) is 20.7. The van der Waals surface area contributed by atoms with E-state index in [4.69, 9.17) is 17.3 Å². The number of carbonyl (C=O) groups excluding carboxylic acids is 1. The van der Waals surface area contributed by atoms with Gasteiger partial charge in [0.15, 0.2) is 0 Å². The molecule has 0 fully saturated rings. The van der Waals surface area contributed by atoms with Gasteiger partial charge in [0.2, 0.25) is 5.60 Å². The number of pyridine rings is 1. The fraction of sp³-hybridized carbons (Fsp3) is 0.294. The molecule has 0 saturated heterocycles. The number of fused-ring (bicyclic) bond motifs is 1. The van der Waals surface area contributed by atoms with Crippen LogP contribution in [0.4, 0.5) is 13.2 Å². The molecule has 1 aromatic carbocycles. The van der Waals surface area contributed by atoms with Crippen LogP contribution in [0.3, 0.4) is 0 Å². The lowest BCUT2D eigenvalue weighted by Gasteiger charge is -2.26. The van der Waals surface area contributed by atoms with Gasteiger partial charge in [0.05, 0.1) is 23.3 Å². The molecule has 1 amide bonds. The minimum atomic E-state index is -4.88. The average molecular weight is 414 g/mol. The predicted octanol–water partition coefficient (Wildman–Crippen LogP) is 2.79. The monoisotopic (exact) mass is 413 g/mol. The first-order chi connectivity index (χ1) is 13.0. The van der Waals surface area contributed by atoms with Gasteiger partial charge in [-0.1, -0.05) is 35.9 Å². The van der Waals surface area contributed by atoms with E-state index in [9.17, 15) is 23.1 Å². The molecule has 0 aliphatic carbocycles. The van der Waals surface area contributed by atoms with E-state index in [1.807, 2.05) is 0 Å². The summed E-state index contributed by atoms with van der Waals surface area (Å²) in [5, 5.41) is 18.0. The van der Waals surface area contributed by atoms with E-state index in [0.29, 0.717) is 21.5 Å². The molecule has 1 atom stereocenters. The smallest absolute Gasteiger partial charge is 0.375 e. The van der Waals surface area contributed by atoms with Gasteiger partial charge in [-0.2, -0.15) is 13.2 Å². The highest BCUT2D eigenvalue weighted by Crippen LogP contribution is 2.40. The topological polar surface area (TPSA) is 107 Å². The van der Waals surface area contributed by atoms with Gasteiger partial charge in [-0.05, 0) is 24.1 Å². The van der Waals surface area contributed by atoms with Gasteiger partial charge < -0.3 is 10.8 Å². The Bertz CT molecular complexity index is 1050. The molecule has 0 aliphatic rings. The van der Waals surface area contributed by atoms with Crippen molar-refractivity contribution in [2.45, 2.75) is 31.7 Å². The fourth-order valence-electron chi connectivity index (χ4n) is 2.74. The van der Waals surface area contributed by atoms with Crippen molar-refractivity contribution in [2.75, 3.05) is 0 Å². The Morgan fingerprint density at radius 1 is 1.32 bits per heavy atom. The van der Waals surface area contributed by atoms with Gasteiger partial charge in [-0.25, -0.2) is 9.67 Å². The Hall–Kier alpha value is -2.72. The summed E-state index contributed by atoms with van der Waals surface area (Å²) in [5.74, 6) is -0.735.